The van der Waals surface area contributed by atoms with Crippen molar-refractivity contribution in [3.05, 3.63) is 36.3 Å². The van der Waals surface area contributed by atoms with Crippen LogP contribution in [0.25, 0.3) is 5.65 Å². The summed E-state index contributed by atoms with van der Waals surface area (Å²) in [5, 5.41) is 8.95. The summed E-state index contributed by atoms with van der Waals surface area (Å²) in [6.45, 7) is 0.786. The van der Waals surface area contributed by atoms with E-state index in [9.17, 15) is 9.59 Å². The summed E-state index contributed by atoms with van der Waals surface area (Å²) in [4.78, 5) is 28.9. The largest absolute Gasteiger partial charge is 0.481 e. The van der Waals surface area contributed by atoms with Crippen LogP contribution in [0.5, 0.6) is 0 Å². The Bertz CT molecular complexity index is 649. The number of carbonyl (C=O) groups excluding carboxylic acids is 1. The second kappa shape index (κ2) is 4.38. The van der Waals surface area contributed by atoms with E-state index in [1.54, 1.807) is 40.0 Å². The normalized spacial score (nSPS) is 18.9. The molecule has 1 fully saturated rings. The molecule has 1 unspecified atom stereocenters. The monoisotopic (exact) mass is 259 g/mol. The van der Waals surface area contributed by atoms with Crippen LogP contribution in [0.3, 0.4) is 0 Å². The molecule has 6 nitrogen and oxygen atoms in total. The van der Waals surface area contributed by atoms with E-state index in [4.69, 9.17) is 5.11 Å². The third kappa shape index (κ3) is 2.05. The summed E-state index contributed by atoms with van der Waals surface area (Å²) in [7, 11) is 0. The Morgan fingerprint density at radius 2 is 2.21 bits per heavy atom. The van der Waals surface area contributed by atoms with Crippen LogP contribution in [-0.2, 0) is 4.79 Å². The average Bonchev–Trinajstić information content (AvgIpc) is 3.06. The molecule has 0 spiro atoms. The van der Waals surface area contributed by atoms with E-state index < -0.39 is 11.9 Å². The van der Waals surface area contributed by atoms with Crippen molar-refractivity contribution in [2.24, 2.45) is 5.92 Å². The van der Waals surface area contributed by atoms with Gasteiger partial charge in [0.25, 0.3) is 5.91 Å². The van der Waals surface area contributed by atoms with Crippen LogP contribution < -0.4 is 0 Å². The van der Waals surface area contributed by atoms with Gasteiger partial charge < -0.3 is 14.4 Å². The Kier molecular flexibility index (Phi) is 2.70. The van der Waals surface area contributed by atoms with Crippen molar-refractivity contribution in [1.29, 1.82) is 0 Å². The molecule has 6 heteroatoms. The summed E-state index contributed by atoms with van der Waals surface area (Å²) in [6.07, 6.45) is 5.68. The van der Waals surface area contributed by atoms with Gasteiger partial charge in [0.05, 0.1) is 11.5 Å². The molecule has 1 amide bonds. The molecule has 2 aromatic rings. The Hall–Kier alpha value is -2.37. The highest BCUT2D eigenvalue weighted by Crippen LogP contribution is 2.19. The zero-order valence-electron chi connectivity index (χ0n) is 10.2. The number of fused-ring (bicyclic) bond motifs is 1. The lowest BCUT2D eigenvalue weighted by Crippen LogP contribution is -2.30. The molecule has 19 heavy (non-hydrogen) atoms. The van der Waals surface area contributed by atoms with Crippen LogP contribution in [0.15, 0.2) is 30.7 Å². The number of carbonyl (C=O) groups is 2. The van der Waals surface area contributed by atoms with Crippen molar-refractivity contribution in [2.75, 3.05) is 13.1 Å². The van der Waals surface area contributed by atoms with Crippen molar-refractivity contribution in [3.63, 3.8) is 0 Å². The number of aromatic nitrogens is 2. The highest BCUT2D eigenvalue weighted by Gasteiger charge is 2.31. The molecule has 0 aromatic carbocycles. The molecular weight excluding hydrogens is 246 g/mol. The maximum Gasteiger partial charge on any atom is 0.308 e. The van der Waals surface area contributed by atoms with E-state index in [-0.39, 0.29) is 12.5 Å². The molecule has 3 heterocycles. The molecule has 0 radical (unpaired) electrons. The lowest BCUT2D eigenvalue weighted by atomic mass is 10.1. The quantitative estimate of drug-likeness (QED) is 0.868. The first-order valence-corrected chi connectivity index (χ1v) is 6.10. The topological polar surface area (TPSA) is 74.9 Å². The molecule has 0 aliphatic carbocycles. The van der Waals surface area contributed by atoms with Gasteiger partial charge in [-0.1, -0.05) is 0 Å². The molecular formula is C13H13N3O3. The van der Waals surface area contributed by atoms with Gasteiger partial charge in [-0.3, -0.25) is 9.59 Å². The van der Waals surface area contributed by atoms with Gasteiger partial charge in [0, 0.05) is 31.7 Å². The van der Waals surface area contributed by atoms with E-state index in [0.717, 1.165) is 5.65 Å². The molecule has 3 rings (SSSR count). The third-order valence-corrected chi connectivity index (χ3v) is 3.46. The number of carboxylic acid groups (broad SMARTS) is 1. The second-order valence-electron chi connectivity index (χ2n) is 4.69. The Morgan fingerprint density at radius 3 is 2.95 bits per heavy atom. The van der Waals surface area contributed by atoms with Gasteiger partial charge in [-0.25, -0.2) is 4.98 Å². The number of hydrogen-bond acceptors (Lipinski definition) is 3. The van der Waals surface area contributed by atoms with E-state index in [0.29, 0.717) is 18.5 Å². The van der Waals surface area contributed by atoms with Crippen molar-refractivity contribution in [3.8, 4) is 0 Å². The predicted molar refractivity (Wildman–Crippen MR) is 66.8 cm³/mol. The van der Waals surface area contributed by atoms with Crippen LogP contribution >= 0.6 is 0 Å². The fourth-order valence-electron chi connectivity index (χ4n) is 2.38. The highest BCUT2D eigenvalue weighted by atomic mass is 16.4. The van der Waals surface area contributed by atoms with E-state index in [1.165, 1.54) is 0 Å². The Balaban J connectivity index is 1.82. The van der Waals surface area contributed by atoms with Crippen LogP contribution in [0.4, 0.5) is 0 Å². The number of pyridine rings is 1. The van der Waals surface area contributed by atoms with Crippen LogP contribution in [0, 0.1) is 5.92 Å². The number of hydrogen-bond donors (Lipinski definition) is 1. The Labute approximate surface area is 109 Å². The standard InChI is InChI=1S/C13H13N3O3/c17-12(16-5-3-10(8-16)13(18)19)9-1-2-11-14-4-6-15(11)7-9/h1-2,4,6-7,10H,3,5,8H2,(H,18,19). The van der Waals surface area contributed by atoms with Gasteiger partial charge in [0.15, 0.2) is 0 Å². The van der Waals surface area contributed by atoms with Crippen molar-refractivity contribution in [2.45, 2.75) is 6.42 Å². The summed E-state index contributed by atoms with van der Waals surface area (Å²) in [6, 6.07) is 3.50. The number of imidazole rings is 1. The predicted octanol–water partition coefficient (Wildman–Crippen LogP) is 0.881. The van der Waals surface area contributed by atoms with Gasteiger partial charge in [-0.15, -0.1) is 0 Å². The van der Waals surface area contributed by atoms with Gasteiger partial charge >= 0.3 is 5.97 Å². The van der Waals surface area contributed by atoms with Gasteiger partial charge in [0.2, 0.25) is 0 Å². The summed E-state index contributed by atoms with van der Waals surface area (Å²) in [5.74, 6) is -1.40. The zero-order chi connectivity index (χ0) is 13.4. The minimum atomic E-state index is -0.833. The van der Waals surface area contributed by atoms with Crippen molar-refractivity contribution < 1.29 is 14.7 Å². The summed E-state index contributed by atoms with van der Waals surface area (Å²) in [5.41, 5.74) is 1.33. The van der Waals surface area contributed by atoms with Crippen LogP contribution in [-0.4, -0.2) is 44.4 Å². The zero-order valence-corrected chi connectivity index (χ0v) is 10.2. The molecule has 0 saturated carbocycles. The molecule has 1 N–H and O–H groups in total. The first-order valence-electron chi connectivity index (χ1n) is 6.10. The minimum Gasteiger partial charge on any atom is -0.481 e. The van der Waals surface area contributed by atoms with Gasteiger partial charge in [-0.2, -0.15) is 0 Å². The number of nitrogens with zero attached hydrogens (tertiary/aromatic N) is 3. The average molecular weight is 259 g/mol. The maximum absolute atomic E-state index is 12.3. The first-order chi connectivity index (χ1) is 9.15. The first kappa shape index (κ1) is 11.7. The number of carboxylic acids is 1. The highest BCUT2D eigenvalue weighted by molar-refractivity contribution is 5.94. The molecule has 1 aliphatic heterocycles. The smallest absolute Gasteiger partial charge is 0.308 e. The van der Waals surface area contributed by atoms with Crippen LogP contribution in [0.2, 0.25) is 0 Å². The molecule has 2 aromatic heterocycles. The number of likely N-dealkylation sites (tertiary alicyclic amines) is 1. The summed E-state index contributed by atoms with van der Waals surface area (Å²) >= 11 is 0. The maximum atomic E-state index is 12.3. The van der Waals surface area contributed by atoms with Crippen LogP contribution in [0.1, 0.15) is 16.8 Å². The molecule has 1 saturated heterocycles. The lowest BCUT2D eigenvalue weighted by Gasteiger charge is -2.15. The summed E-state index contributed by atoms with van der Waals surface area (Å²) < 4.78 is 1.78. The van der Waals surface area contributed by atoms with E-state index in [2.05, 4.69) is 4.98 Å². The minimum absolute atomic E-state index is 0.126. The van der Waals surface area contributed by atoms with E-state index >= 15 is 0 Å². The number of amides is 1. The van der Waals surface area contributed by atoms with Gasteiger partial charge in [-0.05, 0) is 18.6 Å². The van der Waals surface area contributed by atoms with E-state index in [1.807, 2.05) is 0 Å². The van der Waals surface area contributed by atoms with Gasteiger partial charge in [0.1, 0.15) is 5.65 Å². The van der Waals surface area contributed by atoms with Crippen molar-refractivity contribution >= 4 is 17.5 Å². The number of aliphatic carboxylic acids is 1. The van der Waals surface area contributed by atoms with Crippen molar-refractivity contribution in [1.82, 2.24) is 14.3 Å². The SMILES string of the molecule is O=C(O)C1CCN(C(=O)c2ccc3nccn3c2)C1. The fourth-order valence-corrected chi connectivity index (χ4v) is 2.38. The molecule has 98 valence electrons. The number of rotatable bonds is 2. The third-order valence-electron chi connectivity index (χ3n) is 3.46. The molecule has 0 bridgehead atoms. The molecule has 1 aliphatic rings. The fraction of sp³-hybridized carbons (Fsp3) is 0.308. The molecule has 1 atom stereocenters. The Morgan fingerprint density at radius 1 is 1.37 bits per heavy atom. The second-order valence-corrected chi connectivity index (χ2v) is 4.69. The lowest BCUT2D eigenvalue weighted by molar-refractivity contribution is -0.141.